The highest BCUT2D eigenvalue weighted by Crippen LogP contribution is 2.25. The lowest BCUT2D eigenvalue weighted by Crippen LogP contribution is -2.48. The van der Waals surface area contributed by atoms with E-state index in [1.165, 1.54) is 0 Å². The Hall–Kier alpha value is -1.22. The van der Waals surface area contributed by atoms with E-state index in [1.54, 1.807) is 0 Å². The van der Waals surface area contributed by atoms with Crippen molar-refractivity contribution in [2.45, 2.75) is 32.2 Å². The number of hydrogen-bond donors (Lipinski definition) is 2. The summed E-state index contributed by atoms with van der Waals surface area (Å²) in [6.45, 7) is 2.84. The van der Waals surface area contributed by atoms with Gasteiger partial charge in [-0.05, 0) is 42.9 Å². The van der Waals surface area contributed by atoms with Crippen molar-refractivity contribution in [2.75, 3.05) is 6.54 Å². The van der Waals surface area contributed by atoms with E-state index >= 15 is 0 Å². The van der Waals surface area contributed by atoms with Gasteiger partial charge in [0.2, 0.25) is 0 Å². The minimum absolute atomic E-state index is 0.0612. The molecule has 0 bridgehead atoms. The molecule has 4 heteroatoms. The SMILES string of the molecule is CC1CC(NC(=O)NCCc2cccc(Cl)c2)C1. The van der Waals surface area contributed by atoms with E-state index in [9.17, 15) is 4.79 Å². The first kappa shape index (κ1) is 13.2. The maximum atomic E-state index is 11.6. The third-order valence-electron chi connectivity index (χ3n) is 3.30. The normalized spacial score (nSPS) is 22.1. The molecule has 2 rings (SSSR count). The first-order valence-electron chi connectivity index (χ1n) is 6.42. The largest absolute Gasteiger partial charge is 0.338 e. The molecule has 0 saturated heterocycles. The minimum atomic E-state index is -0.0612. The van der Waals surface area contributed by atoms with Gasteiger partial charge in [0.25, 0.3) is 0 Å². The molecule has 0 heterocycles. The predicted octanol–water partition coefficient (Wildman–Crippen LogP) is 2.98. The lowest BCUT2D eigenvalue weighted by molar-refractivity contribution is 0.210. The molecule has 0 aromatic heterocycles. The summed E-state index contributed by atoms with van der Waals surface area (Å²) in [5, 5.41) is 6.58. The molecule has 0 unspecified atom stereocenters. The standard InChI is InChI=1S/C14H19ClN2O/c1-10-7-13(8-10)17-14(18)16-6-5-11-3-2-4-12(15)9-11/h2-4,9-10,13H,5-8H2,1H3,(H2,16,17,18). The van der Waals surface area contributed by atoms with Gasteiger partial charge in [-0.1, -0.05) is 30.7 Å². The van der Waals surface area contributed by atoms with Gasteiger partial charge in [-0.3, -0.25) is 0 Å². The summed E-state index contributed by atoms with van der Waals surface area (Å²) >= 11 is 5.90. The molecular weight excluding hydrogens is 248 g/mol. The number of amides is 2. The van der Waals surface area contributed by atoms with E-state index in [1.807, 2.05) is 24.3 Å². The number of benzene rings is 1. The van der Waals surface area contributed by atoms with Gasteiger partial charge in [0, 0.05) is 17.6 Å². The second-order valence-electron chi connectivity index (χ2n) is 5.05. The van der Waals surface area contributed by atoms with Crippen LogP contribution in [0.5, 0.6) is 0 Å². The van der Waals surface area contributed by atoms with Gasteiger partial charge in [0.1, 0.15) is 0 Å². The number of carbonyl (C=O) groups excluding carboxylic acids is 1. The van der Waals surface area contributed by atoms with Crippen LogP contribution in [0.3, 0.4) is 0 Å². The highest BCUT2D eigenvalue weighted by Gasteiger charge is 2.26. The van der Waals surface area contributed by atoms with Crippen molar-refractivity contribution in [1.82, 2.24) is 10.6 Å². The molecule has 0 radical (unpaired) electrons. The van der Waals surface area contributed by atoms with Crippen LogP contribution in [-0.4, -0.2) is 18.6 Å². The van der Waals surface area contributed by atoms with Crippen molar-refractivity contribution in [1.29, 1.82) is 0 Å². The predicted molar refractivity (Wildman–Crippen MR) is 73.9 cm³/mol. The number of halogens is 1. The van der Waals surface area contributed by atoms with Gasteiger partial charge in [-0.15, -0.1) is 0 Å². The van der Waals surface area contributed by atoms with Crippen LogP contribution in [0.4, 0.5) is 4.79 Å². The monoisotopic (exact) mass is 266 g/mol. The summed E-state index contributed by atoms with van der Waals surface area (Å²) in [7, 11) is 0. The van der Waals surface area contributed by atoms with Crippen molar-refractivity contribution in [2.24, 2.45) is 5.92 Å². The fraction of sp³-hybridized carbons (Fsp3) is 0.500. The lowest BCUT2D eigenvalue weighted by Gasteiger charge is -2.33. The fourth-order valence-corrected chi connectivity index (χ4v) is 2.48. The Morgan fingerprint density at radius 1 is 1.44 bits per heavy atom. The van der Waals surface area contributed by atoms with Crippen molar-refractivity contribution >= 4 is 17.6 Å². The highest BCUT2D eigenvalue weighted by molar-refractivity contribution is 6.30. The fourth-order valence-electron chi connectivity index (χ4n) is 2.27. The van der Waals surface area contributed by atoms with Crippen LogP contribution in [0.1, 0.15) is 25.3 Å². The summed E-state index contributed by atoms with van der Waals surface area (Å²) in [5.41, 5.74) is 1.14. The molecule has 1 aliphatic rings. The van der Waals surface area contributed by atoms with Crippen LogP contribution >= 0.6 is 11.6 Å². The maximum Gasteiger partial charge on any atom is 0.315 e. The average Bonchev–Trinajstić information content (AvgIpc) is 2.27. The molecule has 0 aliphatic heterocycles. The summed E-state index contributed by atoms with van der Waals surface area (Å²) in [6, 6.07) is 8.02. The molecule has 0 atom stereocenters. The Morgan fingerprint density at radius 2 is 2.22 bits per heavy atom. The molecule has 18 heavy (non-hydrogen) atoms. The lowest BCUT2D eigenvalue weighted by atomic mass is 9.82. The van der Waals surface area contributed by atoms with Crippen LogP contribution in [0, 0.1) is 5.92 Å². The smallest absolute Gasteiger partial charge is 0.315 e. The summed E-state index contributed by atoms with van der Waals surface area (Å²) in [5.74, 6) is 0.752. The third-order valence-corrected chi connectivity index (χ3v) is 3.53. The number of carbonyl (C=O) groups is 1. The number of hydrogen-bond acceptors (Lipinski definition) is 1. The van der Waals surface area contributed by atoms with Gasteiger partial charge < -0.3 is 10.6 Å². The minimum Gasteiger partial charge on any atom is -0.338 e. The van der Waals surface area contributed by atoms with Gasteiger partial charge >= 0.3 is 6.03 Å². The summed E-state index contributed by atoms with van der Waals surface area (Å²) in [4.78, 5) is 11.6. The van der Waals surface area contributed by atoms with E-state index in [4.69, 9.17) is 11.6 Å². The average molecular weight is 267 g/mol. The Balaban J connectivity index is 1.64. The van der Waals surface area contributed by atoms with Crippen molar-refractivity contribution in [3.8, 4) is 0 Å². The molecule has 1 aromatic rings. The molecule has 1 fully saturated rings. The Labute approximate surface area is 113 Å². The van der Waals surface area contributed by atoms with E-state index in [0.29, 0.717) is 12.6 Å². The number of urea groups is 1. The zero-order valence-corrected chi connectivity index (χ0v) is 11.3. The first-order chi connectivity index (χ1) is 8.63. The quantitative estimate of drug-likeness (QED) is 0.864. The van der Waals surface area contributed by atoms with Crippen molar-refractivity contribution < 1.29 is 4.79 Å². The Morgan fingerprint density at radius 3 is 2.89 bits per heavy atom. The third kappa shape index (κ3) is 3.91. The molecular formula is C14H19ClN2O. The molecule has 0 spiro atoms. The molecule has 2 amide bonds. The van der Waals surface area contributed by atoms with Crippen molar-refractivity contribution in [3.05, 3.63) is 34.9 Å². The van der Waals surface area contributed by atoms with E-state index in [2.05, 4.69) is 17.6 Å². The molecule has 2 N–H and O–H groups in total. The van der Waals surface area contributed by atoms with Gasteiger partial charge in [-0.2, -0.15) is 0 Å². The summed E-state index contributed by atoms with van der Waals surface area (Å²) in [6.07, 6.45) is 3.00. The molecule has 1 aliphatic carbocycles. The first-order valence-corrected chi connectivity index (χ1v) is 6.80. The highest BCUT2D eigenvalue weighted by atomic mass is 35.5. The maximum absolute atomic E-state index is 11.6. The Kier molecular flexibility index (Phi) is 4.48. The van der Waals surface area contributed by atoms with Crippen LogP contribution < -0.4 is 10.6 Å². The van der Waals surface area contributed by atoms with Crippen molar-refractivity contribution in [3.63, 3.8) is 0 Å². The van der Waals surface area contributed by atoms with Crippen LogP contribution in [-0.2, 0) is 6.42 Å². The summed E-state index contributed by atoms with van der Waals surface area (Å²) < 4.78 is 0. The van der Waals surface area contributed by atoms with E-state index in [0.717, 1.165) is 35.8 Å². The van der Waals surface area contributed by atoms with Gasteiger partial charge in [0.15, 0.2) is 0 Å². The zero-order valence-electron chi connectivity index (χ0n) is 10.6. The van der Waals surface area contributed by atoms with E-state index in [-0.39, 0.29) is 6.03 Å². The molecule has 1 aromatic carbocycles. The number of rotatable bonds is 4. The number of nitrogens with one attached hydrogen (secondary N) is 2. The van der Waals surface area contributed by atoms with Crippen LogP contribution in [0.15, 0.2) is 24.3 Å². The van der Waals surface area contributed by atoms with Gasteiger partial charge in [-0.25, -0.2) is 4.79 Å². The van der Waals surface area contributed by atoms with Crippen LogP contribution in [0.25, 0.3) is 0 Å². The topological polar surface area (TPSA) is 41.1 Å². The van der Waals surface area contributed by atoms with Crippen LogP contribution in [0.2, 0.25) is 5.02 Å². The zero-order chi connectivity index (χ0) is 13.0. The van der Waals surface area contributed by atoms with E-state index < -0.39 is 0 Å². The van der Waals surface area contributed by atoms with Gasteiger partial charge in [0.05, 0.1) is 0 Å². The molecule has 1 saturated carbocycles. The molecule has 3 nitrogen and oxygen atoms in total. The second-order valence-corrected chi connectivity index (χ2v) is 5.49. The Bertz CT molecular complexity index is 416. The molecule has 98 valence electrons. The second kappa shape index (κ2) is 6.10.